The van der Waals surface area contributed by atoms with Gasteiger partial charge in [-0.3, -0.25) is 5.10 Å². The molecule has 0 aliphatic carbocycles. The molecule has 4 heterocycles. The zero-order valence-electron chi connectivity index (χ0n) is 13.3. The smallest absolute Gasteiger partial charge is 0.152 e. The summed E-state index contributed by atoms with van der Waals surface area (Å²) in [6.07, 6.45) is 3.90. The Morgan fingerprint density at radius 2 is 2.30 bits per heavy atom. The molecule has 0 amide bonds. The molecule has 0 fully saturated rings. The van der Waals surface area contributed by atoms with Gasteiger partial charge < -0.3 is 9.73 Å². The average Bonchev–Trinajstić information content (AvgIpc) is 3.22. The molecule has 1 aliphatic heterocycles. The fourth-order valence-corrected chi connectivity index (χ4v) is 3.08. The van der Waals surface area contributed by atoms with Crippen LogP contribution in [0.15, 0.2) is 22.7 Å². The van der Waals surface area contributed by atoms with E-state index < -0.39 is 0 Å². The summed E-state index contributed by atoms with van der Waals surface area (Å²) in [7, 11) is 0. The van der Waals surface area contributed by atoms with Crippen LogP contribution in [0.1, 0.15) is 29.4 Å². The molecule has 120 valence electrons. The topological polar surface area (TPSA) is 84.6 Å². The third kappa shape index (κ3) is 2.79. The number of aromatic amines is 1. The van der Waals surface area contributed by atoms with Gasteiger partial charge in [0, 0.05) is 24.6 Å². The lowest BCUT2D eigenvalue weighted by Gasteiger charge is -2.23. The minimum atomic E-state index is 0.393. The Morgan fingerprint density at radius 1 is 1.39 bits per heavy atom. The quantitative estimate of drug-likeness (QED) is 0.769. The van der Waals surface area contributed by atoms with Crippen molar-refractivity contribution in [2.75, 3.05) is 0 Å². The van der Waals surface area contributed by atoms with Crippen LogP contribution in [0.2, 0.25) is 0 Å². The van der Waals surface area contributed by atoms with Crippen LogP contribution >= 0.6 is 0 Å². The normalized spacial score (nSPS) is 17.4. The zero-order chi connectivity index (χ0) is 15.8. The molecule has 0 radical (unpaired) electrons. The van der Waals surface area contributed by atoms with E-state index >= 15 is 0 Å². The summed E-state index contributed by atoms with van der Waals surface area (Å²) in [5.74, 6) is 3.67. The van der Waals surface area contributed by atoms with E-state index in [1.54, 1.807) is 0 Å². The van der Waals surface area contributed by atoms with Crippen molar-refractivity contribution in [3.8, 4) is 11.5 Å². The number of hydrogen-bond donors (Lipinski definition) is 2. The Morgan fingerprint density at radius 3 is 3.13 bits per heavy atom. The van der Waals surface area contributed by atoms with E-state index in [1.165, 1.54) is 0 Å². The lowest BCUT2D eigenvalue weighted by Crippen LogP contribution is -2.37. The van der Waals surface area contributed by atoms with Crippen LogP contribution < -0.4 is 5.32 Å². The van der Waals surface area contributed by atoms with Crippen LogP contribution in [0.5, 0.6) is 0 Å². The van der Waals surface area contributed by atoms with E-state index in [9.17, 15) is 0 Å². The van der Waals surface area contributed by atoms with E-state index in [2.05, 4.69) is 25.6 Å². The molecule has 3 aromatic rings. The molecule has 0 saturated heterocycles. The van der Waals surface area contributed by atoms with Crippen molar-refractivity contribution in [2.24, 2.45) is 0 Å². The highest BCUT2D eigenvalue weighted by Crippen LogP contribution is 2.23. The van der Waals surface area contributed by atoms with Crippen molar-refractivity contribution in [3.05, 3.63) is 41.3 Å². The number of fused-ring (bicyclic) bond motifs is 1. The molecule has 2 N–H and O–H groups in total. The van der Waals surface area contributed by atoms with E-state index in [4.69, 9.17) is 4.42 Å². The largest absolute Gasteiger partial charge is 0.460 e. The Kier molecular flexibility index (Phi) is 3.49. The molecule has 0 saturated carbocycles. The molecule has 0 unspecified atom stereocenters. The van der Waals surface area contributed by atoms with Crippen LogP contribution in [0.3, 0.4) is 0 Å². The fourth-order valence-electron chi connectivity index (χ4n) is 3.08. The summed E-state index contributed by atoms with van der Waals surface area (Å²) in [5.41, 5.74) is 2.05. The summed E-state index contributed by atoms with van der Waals surface area (Å²) >= 11 is 0. The highest BCUT2D eigenvalue weighted by molar-refractivity contribution is 5.56. The second-order valence-electron chi connectivity index (χ2n) is 6.05. The summed E-state index contributed by atoms with van der Waals surface area (Å²) in [5, 5.41) is 15.2. The average molecular weight is 312 g/mol. The second kappa shape index (κ2) is 5.66. The molecule has 23 heavy (non-hydrogen) atoms. The van der Waals surface area contributed by atoms with Crippen molar-refractivity contribution in [2.45, 2.75) is 45.8 Å². The number of furan rings is 1. The number of hydrogen-bond acceptors (Lipinski definition) is 5. The number of rotatable bonds is 4. The molecule has 0 spiro atoms. The van der Waals surface area contributed by atoms with Gasteiger partial charge in [0.1, 0.15) is 23.1 Å². The molecule has 0 aromatic carbocycles. The SMILES string of the molecule is Cc1nc2n(n1)C[C@H](NCc1cn[nH]c1-c1ccc(C)o1)CC2. The maximum absolute atomic E-state index is 5.69. The summed E-state index contributed by atoms with van der Waals surface area (Å²) in [6.45, 7) is 5.50. The summed E-state index contributed by atoms with van der Waals surface area (Å²) in [6, 6.07) is 4.32. The summed E-state index contributed by atoms with van der Waals surface area (Å²) < 4.78 is 7.70. The van der Waals surface area contributed by atoms with Crippen molar-refractivity contribution >= 4 is 0 Å². The molecule has 1 atom stereocenters. The molecule has 3 aromatic heterocycles. The van der Waals surface area contributed by atoms with Gasteiger partial charge in [-0.05, 0) is 32.4 Å². The van der Waals surface area contributed by atoms with Gasteiger partial charge >= 0.3 is 0 Å². The fraction of sp³-hybridized carbons (Fsp3) is 0.438. The second-order valence-corrected chi connectivity index (χ2v) is 6.05. The Bertz CT molecular complexity index is 814. The van der Waals surface area contributed by atoms with Crippen LogP contribution in [0, 0.1) is 13.8 Å². The van der Waals surface area contributed by atoms with Gasteiger partial charge in [-0.1, -0.05) is 0 Å². The number of H-pyrrole nitrogens is 1. The number of aryl methyl sites for hydroxylation is 3. The monoisotopic (exact) mass is 312 g/mol. The molecule has 7 nitrogen and oxygen atoms in total. The number of nitrogens with one attached hydrogen (secondary N) is 2. The maximum atomic E-state index is 5.69. The first-order chi connectivity index (χ1) is 11.2. The van der Waals surface area contributed by atoms with Gasteiger partial charge in [-0.15, -0.1) is 0 Å². The summed E-state index contributed by atoms with van der Waals surface area (Å²) in [4.78, 5) is 4.45. The molecular weight excluding hydrogens is 292 g/mol. The first-order valence-electron chi connectivity index (χ1n) is 7.92. The van der Waals surface area contributed by atoms with Crippen molar-refractivity contribution < 1.29 is 4.42 Å². The predicted octanol–water partition coefficient (Wildman–Crippen LogP) is 1.98. The minimum Gasteiger partial charge on any atom is -0.460 e. The van der Waals surface area contributed by atoms with E-state index in [0.717, 1.165) is 60.4 Å². The van der Waals surface area contributed by atoms with E-state index in [1.807, 2.05) is 36.9 Å². The maximum Gasteiger partial charge on any atom is 0.152 e. The predicted molar refractivity (Wildman–Crippen MR) is 84.7 cm³/mol. The molecule has 4 rings (SSSR count). The highest BCUT2D eigenvalue weighted by atomic mass is 16.3. The van der Waals surface area contributed by atoms with Crippen LogP contribution in [0.4, 0.5) is 0 Å². The molecule has 7 heteroatoms. The minimum absolute atomic E-state index is 0.393. The Labute approximate surface area is 134 Å². The van der Waals surface area contributed by atoms with Gasteiger partial charge in [-0.2, -0.15) is 10.2 Å². The van der Waals surface area contributed by atoms with Crippen molar-refractivity contribution in [1.82, 2.24) is 30.3 Å². The lowest BCUT2D eigenvalue weighted by molar-refractivity contribution is 0.357. The van der Waals surface area contributed by atoms with E-state index in [0.29, 0.717) is 6.04 Å². The third-order valence-electron chi connectivity index (χ3n) is 4.25. The van der Waals surface area contributed by atoms with Crippen LogP contribution in [-0.4, -0.2) is 31.0 Å². The highest BCUT2D eigenvalue weighted by Gasteiger charge is 2.21. The first kappa shape index (κ1) is 14.2. The Hall–Kier alpha value is -2.41. The van der Waals surface area contributed by atoms with Gasteiger partial charge in [0.2, 0.25) is 0 Å². The van der Waals surface area contributed by atoms with Gasteiger partial charge in [0.15, 0.2) is 5.76 Å². The molecular formula is C16H20N6O. The molecule has 0 bridgehead atoms. The zero-order valence-corrected chi connectivity index (χ0v) is 13.3. The van der Waals surface area contributed by atoms with Gasteiger partial charge in [0.25, 0.3) is 0 Å². The van der Waals surface area contributed by atoms with Gasteiger partial charge in [-0.25, -0.2) is 9.67 Å². The van der Waals surface area contributed by atoms with Crippen LogP contribution in [0.25, 0.3) is 11.5 Å². The first-order valence-corrected chi connectivity index (χ1v) is 7.92. The number of aromatic nitrogens is 5. The van der Waals surface area contributed by atoms with Gasteiger partial charge in [0.05, 0.1) is 12.7 Å². The number of nitrogens with zero attached hydrogens (tertiary/aromatic N) is 4. The standard InChI is InChI=1S/C16H20N6O/c1-10-3-5-14(23-10)16-12(8-18-20-16)7-17-13-4-6-15-19-11(2)21-22(15)9-13/h3,5,8,13,17H,4,6-7,9H2,1-2H3,(H,18,20)/t13-/m1/s1. The van der Waals surface area contributed by atoms with Crippen molar-refractivity contribution in [3.63, 3.8) is 0 Å². The lowest BCUT2D eigenvalue weighted by atomic mass is 10.1. The van der Waals surface area contributed by atoms with Crippen molar-refractivity contribution in [1.29, 1.82) is 0 Å². The van der Waals surface area contributed by atoms with E-state index in [-0.39, 0.29) is 0 Å². The molecule has 1 aliphatic rings. The third-order valence-corrected chi connectivity index (χ3v) is 4.25. The van der Waals surface area contributed by atoms with Crippen LogP contribution in [-0.2, 0) is 19.5 Å². The Balaban J connectivity index is 1.43.